The van der Waals surface area contributed by atoms with Crippen LogP contribution >= 0.6 is 0 Å². The van der Waals surface area contributed by atoms with Crippen LogP contribution in [0.4, 0.5) is 17.5 Å². The summed E-state index contributed by atoms with van der Waals surface area (Å²) in [5.74, 6) is 1.22. The number of nitrogens with zero attached hydrogens (tertiary/aromatic N) is 3. The highest BCUT2D eigenvalue weighted by Gasteiger charge is 2.40. The number of aryl methyl sites for hydroxylation is 3. The van der Waals surface area contributed by atoms with Gasteiger partial charge in [-0.1, -0.05) is 6.07 Å². The van der Waals surface area contributed by atoms with Crippen LogP contribution < -0.4 is 10.2 Å². The number of nitrogens with one attached hydrogen (secondary N) is 1. The predicted molar refractivity (Wildman–Crippen MR) is 102 cm³/mol. The van der Waals surface area contributed by atoms with Crippen LogP contribution in [0.25, 0.3) is 0 Å². The number of rotatable bonds is 3. The van der Waals surface area contributed by atoms with E-state index in [0.717, 1.165) is 49.1 Å². The molecule has 0 saturated carbocycles. The van der Waals surface area contributed by atoms with Crippen LogP contribution in [-0.4, -0.2) is 42.1 Å². The average Bonchev–Trinajstić information content (AvgIpc) is 3.06. The van der Waals surface area contributed by atoms with Crippen molar-refractivity contribution in [2.24, 2.45) is 0 Å². The van der Waals surface area contributed by atoms with Gasteiger partial charge < -0.3 is 19.7 Å². The van der Waals surface area contributed by atoms with Gasteiger partial charge in [0.1, 0.15) is 5.82 Å². The van der Waals surface area contributed by atoms with Crippen molar-refractivity contribution in [3.05, 3.63) is 41.1 Å². The number of benzene rings is 1. The minimum absolute atomic E-state index is 0.374. The highest BCUT2D eigenvalue weighted by atomic mass is 16.7. The lowest BCUT2D eigenvalue weighted by Gasteiger charge is -2.37. The number of piperidine rings is 1. The maximum atomic E-state index is 5.81. The molecule has 6 nitrogen and oxygen atoms in total. The Morgan fingerprint density at radius 3 is 2.38 bits per heavy atom. The van der Waals surface area contributed by atoms with Crippen LogP contribution in [-0.2, 0) is 9.47 Å². The summed E-state index contributed by atoms with van der Waals surface area (Å²) in [6.45, 7) is 9.32. The molecule has 1 aromatic carbocycles. The minimum atomic E-state index is -0.374. The van der Waals surface area contributed by atoms with E-state index in [-0.39, 0.29) is 5.79 Å². The Morgan fingerprint density at radius 2 is 1.69 bits per heavy atom. The Morgan fingerprint density at radius 1 is 0.962 bits per heavy atom. The van der Waals surface area contributed by atoms with Gasteiger partial charge in [-0.15, -0.1) is 0 Å². The van der Waals surface area contributed by atoms with Crippen molar-refractivity contribution < 1.29 is 9.47 Å². The Bertz CT molecular complexity index is 792. The smallest absolute Gasteiger partial charge is 0.227 e. The molecule has 0 bridgehead atoms. The number of hydrogen-bond acceptors (Lipinski definition) is 6. The molecule has 0 aliphatic carbocycles. The Labute approximate surface area is 154 Å². The first-order valence-corrected chi connectivity index (χ1v) is 9.26. The van der Waals surface area contributed by atoms with Crippen molar-refractivity contribution >= 4 is 17.5 Å². The Kier molecular flexibility index (Phi) is 4.54. The van der Waals surface area contributed by atoms with Gasteiger partial charge in [-0.25, -0.2) is 4.98 Å². The highest BCUT2D eigenvalue weighted by molar-refractivity contribution is 5.59. The van der Waals surface area contributed by atoms with E-state index in [2.05, 4.69) is 47.2 Å². The van der Waals surface area contributed by atoms with E-state index in [0.29, 0.717) is 13.2 Å². The van der Waals surface area contributed by atoms with Crippen molar-refractivity contribution in [2.45, 2.75) is 39.4 Å². The van der Waals surface area contributed by atoms with E-state index >= 15 is 0 Å². The first kappa shape index (κ1) is 17.2. The lowest BCUT2D eigenvalue weighted by Crippen LogP contribution is -2.45. The number of anilines is 3. The van der Waals surface area contributed by atoms with Gasteiger partial charge >= 0.3 is 0 Å². The van der Waals surface area contributed by atoms with Crippen molar-refractivity contribution in [3.8, 4) is 0 Å². The zero-order chi connectivity index (χ0) is 18.1. The molecule has 2 aromatic rings. The fraction of sp³-hybridized carbons (Fsp3) is 0.500. The summed E-state index contributed by atoms with van der Waals surface area (Å²) in [4.78, 5) is 11.6. The first-order valence-electron chi connectivity index (χ1n) is 9.26. The topological polar surface area (TPSA) is 59.5 Å². The molecule has 26 heavy (non-hydrogen) atoms. The summed E-state index contributed by atoms with van der Waals surface area (Å²) < 4.78 is 11.6. The molecule has 6 heteroatoms. The molecule has 0 amide bonds. The molecule has 2 saturated heterocycles. The SMILES string of the molecule is Cc1cc(Nc2ccc(C)c(C)c2)nc(N2CCC3(CC2)OCCO3)n1. The molecular weight excluding hydrogens is 328 g/mol. The van der Waals surface area contributed by atoms with Crippen LogP contribution in [0, 0.1) is 20.8 Å². The van der Waals surface area contributed by atoms with Gasteiger partial charge in [0.15, 0.2) is 5.79 Å². The van der Waals surface area contributed by atoms with Gasteiger partial charge in [0, 0.05) is 43.4 Å². The lowest BCUT2D eigenvalue weighted by atomic mass is 10.0. The van der Waals surface area contributed by atoms with Gasteiger partial charge in [0.2, 0.25) is 5.95 Å². The highest BCUT2D eigenvalue weighted by Crippen LogP contribution is 2.32. The van der Waals surface area contributed by atoms with E-state index < -0.39 is 0 Å². The minimum Gasteiger partial charge on any atom is -0.347 e. The summed E-state index contributed by atoms with van der Waals surface area (Å²) in [6, 6.07) is 8.33. The second kappa shape index (κ2) is 6.85. The molecule has 0 unspecified atom stereocenters. The predicted octanol–water partition coefficient (Wildman–Crippen LogP) is 3.49. The summed E-state index contributed by atoms with van der Waals surface area (Å²) in [6.07, 6.45) is 1.70. The standard InChI is InChI=1S/C20H26N4O2/c1-14-4-5-17(12-15(14)2)22-18-13-16(3)21-19(23-18)24-8-6-20(7-9-24)25-10-11-26-20/h4-5,12-13H,6-11H2,1-3H3,(H,21,22,23). The third-order valence-electron chi connectivity index (χ3n) is 5.24. The van der Waals surface area contributed by atoms with E-state index in [9.17, 15) is 0 Å². The fourth-order valence-electron chi connectivity index (χ4n) is 3.56. The third kappa shape index (κ3) is 3.52. The maximum Gasteiger partial charge on any atom is 0.227 e. The van der Waals surface area contributed by atoms with Crippen molar-refractivity contribution in [2.75, 3.05) is 36.5 Å². The van der Waals surface area contributed by atoms with Crippen LogP contribution in [0.15, 0.2) is 24.3 Å². The second-order valence-electron chi connectivity index (χ2n) is 7.21. The molecule has 4 rings (SSSR count). The van der Waals surface area contributed by atoms with E-state index in [1.807, 2.05) is 13.0 Å². The largest absolute Gasteiger partial charge is 0.347 e. The van der Waals surface area contributed by atoms with Gasteiger partial charge in [-0.3, -0.25) is 0 Å². The quantitative estimate of drug-likeness (QED) is 0.910. The molecule has 0 atom stereocenters. The molecule has 2 aliphatic rings. The molecule has 1 spiro atoms. The Balaban J connectivity index is 1.50. The zero-order valence-corrected chi connectivity index (χ0v) is 15.7. The number of aromatic nitrogens is 2. The molecule has 1 N–H and O–H groups in total. The van der Waals surface area contributed by atoms with Crippen molar-refractivity contribution in [1.82, 2.24) is 9.97 Å². The van der Waals surface area contributed by atoms with Gasteiger partial charge in [-0.05, 0) is 44.0 Å². The molecule has 2 aliphatic heterocycles. The molecule has 2 fully saturated rings. The number of ether oxygens (including phenoxy) is 2. The summed E-state index contributed by atoms with van der Waals surface area (Å²) in [7, 11) is 0. The van der Waals surface area contributed by atoms with Crippen molar-refractivity contribution in [1.29, 1.82) is 0 Å². The fourth-order valence-corrected chi connectivity index (χ4v) is 3.56. The van der Waals surface area contributed by atoms with Gasteiger partial charge in [0.25, 0.3) is 0 Å². The van der Waals surface area contributed by atoms with E-state index in [4.69, 9.17) is 14.5 Å². The summed E-state index contributed by atoms with van der Waals surface area (Å²) in [5.41, 5.74) is 4.55. The second-order valence-corrected chi connectivity index (χ2v) is 7.21. The summed E-state index contributed by atoms with van der Waals surface area (Å²) in [5, 5.41) is 3.41. The monoisotopic (exact) mass is 354 g/mol. The lowest BCUT2D eigenvalue weighted by molar-refractivity contribution is -0.169. The molecular formula is C20H26N4O2. The zero-order valence-electron chi connectivity index (χ0n) is 15.7. The average molecular weight is 354 g/mol. The molecule has 0 radical (unpaired) electrons. The third-order valence-corrected chi connectivity index (χ3v) is 5.24. The summed E-state index contributed by atoms with van der Waals surface area (Å²) >= 11 is 0. The van der Waals surface area contributed by atoms with Gasteiger partial charge in [0.05, 0.1) is 13.2 Å². The van der Waals surface area contributed by atoms with Crippen LogP contribution in [0.5, 0.6) is 0 Å². The van der Waals surface area contributed by atoms with Gasteiger partial charge in [-0.2, -0.15) is 4.98 Å². The van der Waals surface area contributed by atoms with Crippen molar-refractivity contribution in [3.63, 3.8) is 0 Å². The first-order chi connectivity index (χ1) is 12.5. The van der Waals surface area contributed by atoms with Crippen LogP contribution in [0.1, 0.15) is 29.7 Å². The number of hydrogen-bond donors (Lipinski definition) is 1. The van der Waals surface area contributed by atoms with Crippen LogP contribution in [0.2, 0.25) is 0 Å². The molecule has 138 valence electrons. The molecule has 3 heterocycles. The Hall–Kier alpha value is -2.18. The van der Waals surface area contributed by atoms with Crippen LogP contribution in [0.3, 0.4) is 0 Å². The van der Waals surface area contributed by atoms with E-state index in [1.54, 1.807) is 0 Å². The van der Waals surface area contributed by atoms with E-state index in [1.165, 1.54) is 11.1 Å². The maximum absolute atomic E-state index is 5.81. The molecule has 1 aromatic heterocycles. The normalized spacial score (nSPS) is 19.1.